The number of nitrogen functional groups attached to an aromatic ring is 2. The molecule has 0 spiro atoms. The van der Waals surface area contributed by atoms with Gasteiger partial charge in [-0.2, -0.15) is 0 Å². The van der Waals surface area contributed by atoms with Crippen molar-refractivity contribution < 1.29 is 9.47 Å². The van der Waals surface area contributed by atoms with E-state index in [4.69, 9.17) is 20.9 Å². The van der Waals surface area contributed by atoms with Gasteiger partial charge in [0.15, 0.2) is 11.5 Å². The van der Waals surface area contributed by atoms with Crippen molar-refractivity contribution in [1.82, 2.24) is 0 Å². The molecule has 3 aromatic rings. The average molecular weight is 719 g/mol. The zero-order valence-electron chi connectivity index (χ0n) is 25.3. The molecule has 0 heterocycles. The molecule has 44 heavy (non-hydrogen) atoms. The molecule has 0 atom stereocenters. The lowest BCUT2D eigenvalue weighted by molar-refractivity contribution is -0.00832. The Balaban J connectivity index is 1.26. The highest BCUT2D eigenvalue weighted by Gasteiger charge is 2.55. The minimum atomic E-state index is 0.141. The van der Waals surface area contributed by atoms with E-state index in [1.165, 1.54) is 88.2 Å². The third kappa shape index (κ3) is 4.55. The first-order valence-corrected chi connectivity index (χ1v) is 18.5. The van der Waals surface area contributed by atoms with Gasteiger partial charge < -0.3 is 20.9 Å². The van der Waals surface area contributed by atoms with E-state index in [0.29, 0.717) is 11.4 Å². The molecule has 0 saturated heterocycles. The van der Waals surface area contributed by atoms with Gasteiger partial charge in [-0.3, -0.25) is 0 Å². The fraction of sp³-hybridized carbons (Fsp3) is 0.526. The van der Waals surface area contributed by atoms with Crippen LogP contribution in [0.15, 0.2) is 57.5 Å². The molecule has 0 aliphatic heterocycles. The standard InChI is InChI=1S/C38H42Br2N2O2/c39-31-5-1-27(13-33(31)41)43-35-29(37-15-21-7-22(16-37)9-23(8-21)17-37)3-4-30(36(35)44-28-2-6-32(40)34(42)14-28)38-18-24-10-25(19-38)12-26(11-24)20-38/h1-6,13-14,21-26H,7-12,15-20,41-42H2. The summed E-state index contributed by atoms with van der Waals surface area (Å²) < 4.78 is 16.0. The lowest BCUT2D eigenvalue weighted by atomic mass is 9.47. The van der Waals surface area contributed by atoms with E-state index in [1.807, 2.05) is 36.4 Å². The quantitative estimate of drug-likeness (QED) is 0.249. The molecule has 8 fully saturated rings. The van der Waals surface area contributed by atoms with Crippen LogP contribution in [0.25, 0.3) is 0 Å². The Labute approximate surface area is 277 Å². The zero-order valence-corrected chi connectivity index (χ0v) is 28.5. The second-order valence-electron chi connectivity index (χ2n) is 15.8. The van der Waals surface area contributed by atoms with Gasteiger partial charge in [-0.1, -0.05) is 12.1 Å². The maximum Gasteiger partial charge on any atom is 0.173 e. The predicted molar refractivity (Wildman–Crippen MR) is 183 cm³/mol. The van der Waals surface area contributed by atoms with E-state index in [0.717, 1.165) is 67.5 Å². The highest BCUT2D eigenvalue weighted by atomic mass is 79.9. The number of hydrogen-bond donors (Lipinski definition) is 2. The van der Waals surface area contributed by atoms with Crippen molar-refractivity contribution >= 4 is 43.2 Å². The van der Waals surface area contributed by atoms with Gasteiger partial charge in [0.1, 0.15) is 11.5 Å². The number of benzene rings is 3. The summed E-state index contributed by atoms with van der Waals surface area (Å²) in [5, 5.41) is 0. The molecule has 6 heteroatoms. The van der Waals surface area contributed by atoms with Crippen LogP contribution in [0, 0.1) is 35.5 Å². The van der Waals surface area contributed by atoms with Gasteiger partial charge in [0, 0.05) is 43.6 Å². The largest absolute Gasteiger partial charge is 0.453 e. The summed E-state index contributed by atoms with van der Waals surface area (Å²) in [6.45, 7) is 0. The van der Waals surface area contributed by atoms with Crippen molar-refractivity contribution in [1.29, 1.82) is 0 Å². The lowest BCUT2D eigenvalue weighted by Gasteiger charge is -2.58. The van der Waals surface area contributed by atoms with Crippen LogP contribution in [-0.2, 0) is 10.8 Å². The van der Waals surface area contributed by atoms with Crippen molar-refractivity contribution in [2.75, 3.05) is 11.5 Å². The predicted octanol–water partition coefficient (Wildman–Crippen LogP) is 10.9. The smallest absolute Gasteiger partial charge is 0.173 e. The third-order valence-corrected chi connectivity index (χ3v) is 14.2. The summed E-state index contributed by atoms with van der Waals surface area (Å²) >= 11 is 7.18. The van der Waals surface area contributed by atoms with Crippen LogP contribution in [0.5, 0.6) is 23.0 Å². The Morgan fingerprint density at radius 1 is 0.500 bits per heavy atom. The number of hydrogen-bond acceptors (Lipinski definition) is 4. The molecule has 230 valence electrons. The number of nitrogens with two attached hydrogens (primary N) is 2. The maximum absolute atomic E-state index is 7.13. The Bertz CT molecular complexity index is 1460. The molecule has 8 aliphatic carbocycles. The van der Waals surface area contributed by atoms with Gasteiger partial charge in [0.25, 0.3) is 0 Å². The fourth-order valence-electron chi connectivity index (χ4n) is 11.9. The lowest BCUT2D eigenvalue weighted by Crippen LogP contribution is -2.49. The van der Waals surface area contributed by atoms with Gasteiger partial charge in [0.2, 0.25) is 0 Å². The van der Waals surface area contributed by atoms with E-state index >= 15 is 0 Å². The number of ether oxygens (including phenoxy) is 2. The first-order valence-electron chi connectivity index (χ1n) is 16.9. The molecule has 4 nitrogen and oxygen atoms in total. The number of anilines is 2. The van der Waals surface area contributed by atoms with Crippen molar-refractivity contribution in [2.24, 2.45) is 35.5 Å². The molecule has 0 aromatic heterocycles. The Hall–Kier alpha value is -2.18. The maximum atomic E-state index is 7.13. The second-order valence-corrected chi connectivity index (χ2v) is 17.5. The first kappa shape index (κ1) is 28.1. The topological polar surface area (TPSA) is 70.5 Å². The Morgan fingerprint density at radius 3 is 1.11 bits per heavy atom. The summed E-state index contributed by atoms with van der Waals surface area (Å²) in [4.78, 5) is 0. The van der Waals surface area contributed by atoms with Crippen LogP contribution in [-0.4, -0.2) is 0 Å². The van der Waals surface area contributed by atoms with Crippen molar-refractivity contribution in [3.63, 3.8) is 0 Å². The number of halogens is 2. The van der Waals surface area contributed by atoms with Gasteiger partial charge in [-0.25, -0.2) is 0 Å². The molecular weight excluding hydrogens is 676 g/mol. The van der Waals surface area contributed by atoms with E-state index in [9.17, 15) is 0 Å². The summed E-state index contributed by atoms with van der Waals surface area (Å²) in [6.07, 6.45) is 16.0. The Kier molecular flexibility index (Phi) is 6.48. The molecular formula is C38H42Br2N2O2. The second kappa shape index (κ2) is 10.2. The summed E-state index contributed by atoms with van der Waals surface area (Å²) in [5.41, 5.74) is 17.2. The molecule has 8 saturated carbocycles. The van der Waals surface area contributed by atoms with E-state index in [-0.39, 0.29) is 10.8 Å². The van der Waals surface area contributed by atoms with Crippen LogP contribution >= 0.6 is 31.9 Å². The molecule has 0 radical (unpaired) electrons. The van der Waals surface area contributed by atoms with Crippen LogP contribution in [0.3, 0.4) is 0 Å². The van der Waals surface area contributed by atoms with E-state index in [1.54, 1.807) is 0 Å². The van der Waals surface area contributed by atoms with Gasteiger partial charge in [-0.05, 0) is 180 Å². The monoisotopic (exact) mass is 716 g/mol. The third-order valence-electron chi connectivity index (χ3n) is 12.7. The van der Waals surface area contributed by atoms with Gasteiger partial charge in [-0.15, -0.1) is 0 Å². The minimum absolute atomic E-state index is 0.141. The molecule has 0 amide bonds. The van der Waals surface area contributed by atoms with Crippen LogP contribution in [0.2, 0.25) is 0 Å². The fourth-order valence-corrected chi connectivity index (χ4v) is 12.4. The summed E-state index contributed by atoms with van der Waals surface area (Å²) in [6, 6.07) is 16.9. The average Bonchev–Trinajstić information content (AvgIpc) is 2.96. The molecule has 4 N–H and O–H groups in total. The molecule has 11 rings (SSSR count). The summed E-state index contributed by atoms with van der Waals surface area (Å²) in [7, 11) is 0. The highest BCUT2D eigenvalue weighted by Crippen LogP contribution is 2.66. The molecule has 0 unspecified atom stereocenters. The highest BCUT2D eigenvalue weighted by molar-refractivity contribution is 9.11. The normalized spacial score (nSPS) is 36.1. The molecule has 8 bridgehead atoms. The van der Waals surface area contributed by atoms with Crippen molar-refractivity contribution in [2.45, 2.75) is 87.9 Å². The van der Waals surface area contributed by atoms with Crippen LogP contribution in [0.1, 0.15) is 88.2 Å². The molecule has 3 aromatic carbocycles. The van der Waals surface area contributed by atoms with E-state index in [2.05, 4.69) is 44.0 Å². The first-order chi connectivity index (χ1) is 21.2. The number of rotatable bonds is 6. The Morgan fingerprint density at radius 2 is 0.818 bits per heavy atom. The zero-order chi connectivity index (χ0) is 29.8. The SMILES string of the molecule is Nc1cc(Oc2c(C34CC5CC(CC(C5)C3)C4)ccc(C34CC5CC(CC(C5)C3)C4)c2Oc2ccc(Br)c(N)c2)ccc1Br. The minimum Gasteiger partial charge on any atom is -0.453 e. The van der Waals surface area contributed by atoms with Crippen LogP contribution in [0.4, 0.5) is 11.4 Å². The van der Waals surface area contributed by atoms with Crippen LogP contribution < -0.4 is 20.9 Å². The molecule has 8 aliphatic rings. The van der Waals surface area contributed by atoms with Gasteiger partial charge >= 0.3 is 0 Å². The van der Waals surface area contributed by atoms with Gasteiger partial charge in [0.05, 0.1) is 0 Å². The van der Waals surface area contributed by atoms with E-state index < -0.39 is 0 Å². The summed E-state index contributed by atoms with van der Waals surface area (Å²) in [5.74, 6) is 8.34. The van der Waals surface area contributed by atoms with Crippen molar-refractivity contribution in [3.8, 4) is 23.0 Å². The van der Waals surface area contributed by atoms with Crippen molar-refractivity contribution in [3.05, 3.63) is 68.6 Å².